The first-order valence-corrected chi connectivity index (χ1v) is 11.6. The van der Waals surface area contributed by atoms with E-state index in [1.165, 1.54) is 38.1 Å². The molecular formula is C26H22N4O10. The standard InChI is InChI=1S/C26H22N4O10/c1-11(17-19(31)13-7-3-5-9-15(13)39-25(17)37)27-29-23(35)21(33)22(34)24(36)30-28-12(2)18-20(32)14-8-4-6-10-16(14)40-26(18)38/h3-10,21-22,31-34H,1-2H3,(H,29,35)(H,30,36)/b27-11+,28-12+. The molecule has 14 heteroatoms. The highest BCUT2D eigenvalue weighted by molar-refractivity contribution is 6.06. The summed E-state index contributed by atoms with van der Waals surface area (Å²) in [5.41, 5.74) is 1.08. The van der Waals surface area contributed by atoms with Crippen LogP contribution in [0.1, 0.15) is 25.0 Å². The molecule has 14 nitrogen and oxygen atoms in total. The molecule has 0 radical (unpaired) electrons. The number of nitrogens with one attached hydrogen (secondary N) is 2. The fraction of sp³-hybridized carbons (Fsp3) is 0.154. The van der Waals surface area contributed by atoms with E-state index in [-0.39, 0.29) is 44.5 Å². The lowest BCUT2D eigenvalue weighted by atomic mass is 10.1. The summed E-state index contributed by atoms with van der Waals surface area (Å²) < 4.78 is 10.3. The molecule has 6 N–H and O–H groups in total. The minimum Gasteiger partial charge on any atom is -0.506 e. The third kappa shape index (κ3) is 5.29. The van der Waals surface area contributed by atoms with E-state index < -0.39 is 46.8 Å². The van der Waals surface area contributed by atoms with Crippen molar-refractivity contribution in [3.05, 3.63) is 80.5 Å². The van der Waals surface area contributed by atoms with E-state index >= 15 is 0 Å². The number of hydrogen-bond acceptors (Lipinski definition) is 12. The van der Waals surface area contributed by atoms with E-state index in [2.05, 4.69) is 10.2 Å². The molecule has 2 heterocycles. The van der Waals surface area contributed by atoms with Gasteiger partial charge in [-0.15, -0.1) is 0 Å². The molecule has 206 valence electrons. The van der Waals surface area contributed by atoms with Crippen molar-refractivity contribution in [3.63, 3.8) is 0 Å². The summed E-state index contributed by atoms with van der Waals surface area (Å²) in [5, 5.41) is 48.8. The number of nitrogens with zero attached hydrogens (tertiary/aromatic N) is 2. The molecule has 0 fully saturated rings. The van der Waals surface area contributed by atoms with Crippen LogP contribution in [-0.2, 0) is 9.59 Å². The average Bonchev–Trinajstić information content (AvgIpc) is 2.93. The Hall–Kier alpha value is -5.34. The van der Waals surface area contributed by atoms with Gasteiger partial charge in [0, 0.05) is 0 Å². The molecule has 4 aromatic rings. The molecule has 0 aliphatic rings. The smallest absolute Gasteiger partial charge is 0.349 e. The highest BCUT2D eigenvalue weighted by Crippen LogP contribution is 2.27. The van der Waals surface area contributed by atoms with Crippen LogP contribution in [-0.4, -0.2) is 55.9 Å². The monoisotopic (exact) mass is 550 g/mol. The first kappa shape index (κ1) is 27.7. The Kier molecular flexibility index (Phi) is 7.74. The lowest BCUT2D eigenvalue weighted by molar-refractivity contribution is -0.146. The van der Waals surface area contributed by atoms with Gasteiger partial charge >= 0.3 is 11.3 Å². The second-order valence-electron chi connectivity index (χ2n) is 8.45. The van der Waals surface area contributed by atoms with Crippen LogP contribution in [0, 0.1) is 0 Å². The summed E-state index contributed by atoms with van der Waals surface area (Å²) in [7, 11) is 0. The van der Waals surface area contributed by atoms with E-state index in [1.54, 1.807) is 24.3 Å². The minimum atomic E-state index is -2.34. The van der Waals surface area contributed by atoms with Gasteiger partial charge in [-0.1, -0.05) is 24.3 Å². The summed E-state index contributed by atoms with van der Waals surface area (Å²) in [6.07, 6.45) is -4.68. The third-order valence-electron chi connectivity index (χ3n) is 5.80. The molecule has 40 heavy (non-hydrogen) atoms. The van der Waals surface area contributed by atoms with E-state index in [0.29, 0.717) is 0 Å². The van der Waals surface area contributed by atoms with Crippen LogP contribution in [0.15, 0.2) is 77.2 Å². The largest absolute Gasteiger partial charge is 0.506 e. The van der Waals surface area contributed by atoms with Gasteiger partial charge < -0.3 is 29.3 Å². The van der Waals surface area contributed by atoms with Gasteiger partial charge in [-0.2, -0.15) is 10.2 Å². The molecule has 0 aliphatic heterocycles. The van der Waals surface area contributed by atoms with Crippen molar-refractivity contribution >= 4 is 45.2 Å². The second-order valence-corrected chi connectivity index (χ2v) is 8.45. The number of hydrogen-bond donors (Lipinski definition) is 6. The molecule has 2 atom stereocenters. The van der Waals surface area contributed by atoms with E-state index in [4.69, 9.17) is 8.83 Å². The Balaban J connectivity index is 1.45. The zero-order valence-corrected chi connectivity index (χ0v) is 20.9. The summed E-state index contributed by atoms with van der Waals surface area (Å²) in [6.45, 7) is 2.54. The number of aliphatic hydroxyl groups excluding tert-OH is 2. The molecule has 0 saturated heterocycles. The van der Waals surface area contributed by atoms with Crippen molar-refractivity contribution in [2.24, 2.45) is 10.2 Å². The lowest BCUT2D eigenvalue weighted by Gasteiger charge is -2.15. The number of hydrazone groups is 2. The van der Waals surface area contributed by atoms with Crippen LogP contribution >= 0.6 is 0 Å². The molecule has 2 amide bonds. The molecule has 0 saturated carbocycles. The molecule has 0 spiro atoms. The summed E-state index contributed by atoms with van der Waals surface area (Å²) in [5.74, 6) is -3.55. The lowest BCUT2D eigenvalue weighted by Crippen LogP contribution is -2.48. The van der Waals surface area contributed by atoms with Crippen LogP contribution in [0.2, 0.25) is 0 Å². The number of aliphatic hydroxyl groups is 2. The molecular weight excluding hydrogens is 528 g/mol. The van der Waals surface area contributed by atoms with Crippen LogP contribution in [0.4, 0.5) is 0 Å². The van der Waals surface area contributed by atoms with Crippen LogP contribution < -0.4 is 22.1 Å². The quantitative estimate of drug-likeness (QED) is 0.106. The SMILES string of the molecule is C/C(=N\NC(=O)C(O)C(O)C(=O)N/N=C(\C)c1c(O)c2ccccc2oc1=O)c1c(O)c2ccccc2oc1=O. The van der Waals surface area contributed by atoms with Gasteiger partial charge in [-0.25, -0.2) is 20.4 Å². The number of carbonyl (C=O) groups excluding carboxylic acids is 2. The van der Waals surface area contributed by atoms with E-state index in [9.17, 15) is 39.6 Å². The van der Waals surface area contributed by atoms with Crippen molar-refractivity contribution in [1.82, 2.24) is 10.9 Å². The molecule has 2 aromatic heterocycles. The maximum absolute atomic E-state index is 12.3. The van der Waals surface area contributed by atoms with Gasteiger partial charge in [0.25, 0.3) is 11.8 Å². The number of rotatable bonds is 7. The van der Waals surface area contributed by atoms with Crippen molar-refractivity contribution in [1.29, 1.82) is 0 Å². The molecule has 0 aliphatic carbocycles. The summed E-state index contributed by atoms with van der Waals surface area (Å²) in [4.78, 5) is 49.2. The highest BCUT2D eigenvalue weighted by atomic mass is 16.4. The van der Waals surface area contributed by atoms with Gasteiger partial charge in [0.2, 0.25) is 0 Å². The fourth-order valence-electron chi connectivity index (χ4n) is 3.71. The Morgan fingerprint density at radius 3 is 1.43 bits per heavy atom. The molecule has 2 unspecified atom stereocenters. The van der Waals surface area contributed by atoms with Crippen LogP contribution in [0.5, 0.6) is 11.5 Å². The fourth-order valence-corrected chi connectivity index (χ4v) is 3.71. The van der Waals surface area contributed by atoms with Crippen molar-refractivity contribution < 1.29 is 38.8 Å². The van der Waals surface area contributed by atoms with Crippen LogP contribution in [0.3, 0.4) is 0 Å². The highest BCUT2D eigenvalue weighted by Gasteiger charge is 2.31. The van der Waals surface area contributed by atoms with Crippen LogP contribution in [0.25, 0.3) is 21.9 Å². The van der Waals surface area contributed by atoms with Gasteiger partial charge in [0.1, 0.15) is 33.8 Å². The number of fused-ring (bicyclic) bond motifs is 2. The van der Waals surface area contributed by atoms with Crippen molar-refractivity contribution in [2.75, 3.05) is 0 Å². The Morgan fingerprint density at radius 1 is 0.700 bits per heavy atom. The Labute approximate surface area is 223 Å². The third-order valence-corrected chi connectivity index (χ3v) is 5.80. The zero-order valence-electron chi connectivity index (χ0n) is 20.9. The normalized spacial score (nSPS) is 13.7. The molecule has 2 aromatic carbocycles. The second kappa shape index (κ2) is 11.2. The minimum absolute atomic E-state index is 0.129. The number of amides is 2. The number of carbonyl (C=O) groups is 2. The Morgan fingerprint density at radius 2 is 1.05 bits per heavy atom. The Bertz CT molecular complexity index is 1690. The number of para-hydroxylation sites is 2. The number of benzene rings is 2. The maximum Gasteiger partial charge on any atom is 0.349 e. The van der Waals surface area contributed by atoms with E-state index in [0.717, 1.165) is 0 Å². The average molecular weight is 550 g/mol. The van der Waals surface area contributed by atoms with Gasteiger partial charge in [-0.05, 0) is 38.1 Å². The predicted octanol–water partition coefficient (Wildman–Crippen LogP) is 0.413. The zero-order chi connectivity index (χ0) is 29.1. The topological polar surface area (TPSA) is 224 Å². The molecule has 0 bridgehead atoms. The van der Waals surface area contributed by atoms with Gasteiger partial charge in [0.15, 0.2) is 12.2 Å². The van der Waals surface area contributed by atoms with Gasteiger partial charge in [0.05, 0.1) is 22.2 Å². The van der Waals surface area contributed by atoms with Gasteiger partial charge in [-0.3, -0.25) is 9.59 Å². The van der Waals surface area contributed by atoms with Crippen molar-refractivity contribution in [3.8, 4) is 11.5 Å². The summed E-state index contributed by atoms with van der Waals surface area (Å²) in [6, 6.07) is 12.4. The first-order valence-electron chi connectivity index (χ1n) is 11.6. The number of aromatic hydroxyl groups is 2. The molecule has 4 rings (SSSR count). The van der Waals surface area contributed by atoms with E-state index in [1.807, 2.05) is 10.9 Å². The first-order chi connectivity index (χ1) is 19.0. The maximum atomic E-state index is 12.3. The summed E-state index contributed by atoms with van der Waals surface area (Å²) >= 11 is 0. The predicted molar refractivity (Wildman–Crippen MR) is 141 cm³/mol. The van der Waals surface area contributed by atoms with Crippen molar-refractivity contribution in [2.45, 2.75) is 26.1 Å².